The third kappa shape index (κ3) is 2.60. The van der Waals surface area contributed by atoms with Crippen LogP contribution in [-0.2, 0) is 9.53 Å². The molecule has 6 heteroatoms. The van der Waals surface area contributed by atoms with Crippen molar-refractivity contribution < 1.29 is 9.53 Å². The van der Waals surface area contributed by atoms with Crippen LogP contribution in [0.2, 0.25) is 0 Å². The average molecular weight is 289 g/mol. The quantitative estimate of drug-likeness (QED) is 0.786. The Morgan fingerprint density at radius 3 is 2.89 bits per heavy atom. The molecule has 1 aromatic heterocycles. The molecule has 0 aromatic carbocycles. The van der Waals surface area contributed by atoms with Gasteiger partial charge in [0.05, 0.1) is 6.54 Å². The molecule has 4 nitrogen and oxygen atoms in total. The number of carbonyl (C=O) groups is 1. The minimum absolute atomic E-state index is 0.204. The highest BCUT2D eigenvalue weighted by molar-refractivity contribution is 6.53. The molecule has 1 aromatic rings. The number of pyridine rings is 1. The second kappa shape index (κ2) is 5.03. The zero-order valence-electron chi connectivity index (χ0n) is 10.1. The molecule has 1 aliphatic rings. The number of ether oxygens (including phenoxy) is 1. The van der Waals surface area contributed by atoms with Crippen LogP contribution in [0.1, 0.15) is 25.5 Å². The average Bonchev–Trinajstić information content (AvgIpc) is 2.65. The maximum absolute atomic E-state index is 11.9. The SMILES string of the molecule is CC1(C)O[C@@H](c2cccnc2)CN1C(=O)C(Cl)Cl. The first-order chi connectivity index (χ1) is 8.42. The van der Waals surface area contributed by atoms with E-state index in [1.165, 1.54) is 0 Å². The maximum Gasteiger partial charge on any atom is 0.258 e. The first kappa shape index (κ1) is 13.6. The number of hydrogen-bond donors (Lipinski definition) is 0. The predicted octanol–water partition coefficient (Wildman–Crippen LogP) is 2.52. The van der Waals surface area contributed by atoms with Gasteiger partial charge in [0.1, 0.15) is 11.8 Å². The summed E-state index contributed by atoms with van der Waals surface area (Å²) in [4.78, 5) is 16.4. The molecule has 18 heavy (non-hydrogen) atoms. The highest BCUT2D eigenvalue weighted by Crippen LogP contribution is 2.36. The lowest BCUT2D eigenvalue weighted by molar-refractivity contribution is -0.144. The Morgan fingerprint density at radius 2 is 2.33 bits per heavy atom. The molecule has 0 saturated carbocycles. The molecule has 98 valence electrons. The summed E-state index contributed by atoms with van der Waals surface area (Å²) in [5, 5.41) is 0. The molecular formula is C12H14Cl2N2O2. The number of carbonyl (C=O) groups excluding carboxylic acids is 1. The smallest absolute Gasteiger partial charge is 0.258 e. The lowest BCUT2D eigenvalue weighted by Crippen LogP contribution is -2.45. The fourth-order valence-corrected chi connectivity index (χ4v) is 2.28. The topological polar surface area (TPSA) is 42.4 Å². The molecule has 0 N–H and O–H groups in total. The van der Waals surface area contributed by atoms with Crippen LogP contribution >= 0.6 is 23.2 Å². The maximum atomic E-state index is 11.9. The van der Waals surface area contributed by atoms with Gasteiger partial charge in [0.15, 0.2) is 4.84 Å². The van der Waals surface area contributed by atoms with Crippen molar-refractivity contribution in [2.45, 2.75) is 30.5 Å². The van der Waals surface area contributed by atoms with Gasteiger partial charge in [-0.05, 0) is 19.9 Å². The van der Waals surface area contributed by atoms with Crippen LogP contribution < -0.4 is 0 Å². The predicted molar refractivity (Wildman–Crippen MR) is 69.3 cm³/mol. The number of alkyl halides is 2. The van der Waals surface area contributed by atoms with E-state index >= 15 is 0 Å². The fraction of sp³-hybridized carbons (Fsp3) is 0.500. The number of hydrogen-bond acceptors (Lipinski definition) is 3. The van der Waals surface area contributed by atoms with Gasteiger partial charge in [0.2, 0.25) is 0 Å². The van der Waals surface area contributed by atoms with Crippen LogP contribution in [0, 0.1) is 0 Å². The molecule has 0 radical (unpaired) electrons. The zero-order valence-corrected chi connectivity index (χ0v) is 11.6. The van der Waals surface area contributed by atoms with E-state index in [1.54, 1.807) is 17.3 Å². The first-order valence-electron chi connectivity index (χ1n) is 5.59. The van der Waals surface area contributed by atoms with Gasteiger partial charge >= 0.3 is 0 Å². The molecule has 1 aliphatic heterocycles. The van der Waals surface area contributed by atoms with E-state index in [0.717, 1.165) is 5.56 Å². The summed E-state index contributed by atoms with van der Waals surface area (Å²) in [6.07, 6.45) is 3.22. The largest absolute Gasteiger partial charge is 0.346 e. The summed E-state index contributed by atoms with van der Waals surface area (Å²) in [6, 6.07) is 3.75. The van der Waals surface area contributed by atoms with Crippen LogP contribution in [0.4, 0.5) is 0 Å². The van der Waals surface area contributed by atoms with E-state index in [0.29, 0.717) is 6.54 Å². The van der Waals surface area contributed by atoms with Crippen molar-refractivity contribution >= 4 is 29.1 Å². The van der Waals surface area contributed by atoms with Crippen LogP contribution in [0.25, 0.3) is 0 Å². The zero-order chi connectivity index (χ0) is 13.3. The van der Waals surface area contributed by atoms with Crippen LogP contribution in [0.15, 0.2) is 24.5 Å². The summed E-state index contributed by atoms with van der Waals surface area (Å²) >= 11 is 11.3. The highest BCUT2D eigenvalue weighted by Gasteiger charge is 2.44. The van der Waals surface area contributed by atoms with E-state index < -0.39 is 10.6 Å². The Kier molecular flexibility index (Phi) is 3.80. The Balaban J connectivity index is 2.20. The Morgan fingerprint density at radius 1 is 1.61 bits per heavy atom. The Bertz CT molecular complexity index is 437. The van der Waals surface area contributed by atoms with Gasteiger partial charge in [-0.2, -0.15) is 0 Å². The van der Waals surface area contributed by atoms with Crippen LogP contribution in [0.3, 0.4) is 0 Å². The molecule has 0 unspecified atom stereocenters. The molecule has 1 fully saturated rings. The van der Waals surface area contributed by atoms with Crippen LogP contribution in [0.5, 0.6) is 0 Å². The highest BCUT2D eigenvalue weighted by atomic mass is 35.5. The molecule has 0 spiro atoms. The summed E-state index contributed by atoms with van der Waals surface area (Å²) in [5.74, 6) is -0.338. The van der Waals surface area contributed by atoms with E-state index in [1.807, 2.05) is 26.0 Å². The number of halogens is 2. The van der Waals surface area contributed by atoms with E-state index in [9.17, 15) is 4.79 Å². The minimum Gasteiger partial charge on any atom is -0.346 e. The van der Waals surface area contributed by atoms with Gasteiger partial charge in [0, 0.05) is 18.0 Å². The van der Waals surface area contributed by atoms with Crippen molar-refractivity contribution in [2.75, 3.05) is 6.54 Å². The molecule has 1 atom stereocenters. The van der Waals surface area contributed by atoms with Gasteiger partial charge in [0.25, 0.3) is 5.91 Å². The van der Waals surface area contributed by atoms with Crippen LogP contribution in [-0.4, -0.2) is 32.9 Å². The third-order valence-corrected chi connectivity index (χ3v) is 3.31. The molecule has 0 bridgehead atoms. The van der Waals surface area contributed by atoms with E-state index in [2.05, 4.69) is 4.98 Å². The summed E-state index contributed by atoms with van der Waals surface area (Å²) in [6.45, 7) is 4.06. The standard InChI is InChI=1S/C12H14Cl2N2O2/c1-12(2)16(11(17)10(13)14)7-9(18-12)8-4-3-5-15-6-8/h3-6,9-10H,7H2,1-2H3/t9-/m1/s1. The molecular weight excluding hydrogens is 275 g/mol. The van der Waals surface area contributed by atoms with Crippen molar-refractivity contribution in [3.05, 3.63) is 30.1 Å². The fourth-order valence-electron chi connectivity index (χ4n) is 2.05. The molecule has 2 rings (SSSR count). The van der Waals surface area contributed by atoms with E-state index in [-0.39, 0.29) is 12.0 Å². The van der Waals surface area contributed by atoms with Crippen molar-refractivity contribution in [1.29, 1.82) is 0 Å². The summed E-state index contributed by atoms with van der Waals surface area (Å²) in [7, 11) is 0. The lowest BCUT2D eigenvalue weighted by Gasteiger charge is -2.30. The molecule has 2 heterocycles. The second-order valence-corrected chi connectivity index (χ2v) is 5.69. The second-order valence-electron chi connectivity index (χ2n) is 4.59. The van der Waals surface area contributed by atoms with Gasteiger partial charge in [-0.1, -0.05) is 29.3 Å². The first-order valence-corrected chi connectivity index (χ1v) is 6.46. The number of rotatable bonds is 2. The van der Waals surface area contributed by atoms with Crippen molar-refractivity contribution in [3.63, 3.8) is 0 Å². The minimum atomic E-state index is -1.07. The van der Waals surface area contributed by atoms with Crippen molar-refractivity contribution in [1.82, 2.24) is 9.88 Å². The number of aromatic nitrogens is 1. The molecule has 0 aliphatic carbocycles. The lowest BCUT2D eigenvalue weighted by atomic mass is 10.1. The van der Waals surface area contributed by atoms with Gasteiger partial charge in [-0.15, -0.1) is 0 Å². The monoisotopic (exact) mass is 288 g/mol. The van der Waals surface area contributed by atoms with E-state index in [4.69, 9.17) is 27.9 Å². The third-order valence-electron chi connectivity index (χ3n) is 2.94. The van der Waals surface area contributed by atoms with Gasteiger partial charge in [-0.3, -0.25) is 9.78 Å². The Hall–Kier alpha value is -0.840. The normalized spacial score (nSPS) is 22.5. The number of nitrogens with zero attached hydrogens (tertiary/aromatic N) is 2. The van der Waals surface area contributed by atoms with Gasteiger partial charge in [-0.25, -0.2) is 0 Å². The summed E-state index contributed by atoms with van der Waals surface area (Å²) < 4.78 is 5.87. The van der Waals surface area contributed by atoms with Crippen molar-refractivity contribution in [3.8, 4) is 0 Å². The Labute approximate surface area is 116 Å². The summed E-state index contributed by atoms with van der Waals surface area (Å²) in [5.41, 5.74) is 0.209. The molecule has 1 saturated heterocycles. The molecule has 1 amide bonds. The van der Waals surface area contributed by atoms with Gasteiger partial charge < -0.3 is 9.64 Å². The number of amides is 1. The van der Waals surface area contributed by atoms with Crippen molar-refractivity contribution in [2.24, 2.45) is 0 Å².